The molecule has 0 aliphatic rings. The predicted molar refractivity (Wildman–Crippen MR) is 86.0 cm³/mol. The predicted octanol–water partition coefficient (Wildman–Crippen LogP) is 2.63. The third-order valence-corrected chi connectivity index (χ3v) is 6.19. The van der Waals surface area contributed by atoms with Gasteiger partial charge in [0.2, 0.25) is 0 Å². The first kappa shape index (κ1) is 14.8. The summed E-state index contributed by atoms with van der Waals surface area (Å²) < 4.78 is 29.8. The summed E-state index contributed by atoms with van der Waals surface area (Å²) >= 11 is 8.56. The van der Waals surface area contributed by atoms with Gasteiger partial charge in [-0.05, 0) is 12.1 Å². The lowest BCUT2D eigenvalue weighted by atomic mass is 10.5. The first-order valence-electron chi connectivity index (χ1n) is 5.88. The van der Waals surface area contributed by atoms with E-state index in [1.165, 1.54) is 22.7 Å². The topological polar surface area (TPSA) is 75.5 Å². The average Bonchev–Trinajstić information content (AvgIpc) is 3.10. The normalized spacial score (nSPS) is 12.1. The Labute approximate surface area is 134 Å². The standard InChI is InChI=1S/C11H11ClN4O2S3/c1-13-9-10(16-4-5-19-11(16)15-9)21(17,18)14-6-7-2-3-8(12)20-7/h2-5,13-14H,6H2,1H3. The Morgan fingerprint density at radius 2 is 2.24 bits per heavy atom. The van der Waals surface area contributed by atoms with Crippen molar-refractivity contribution in [3.63, 3.8) is 0 Å². The average molecular weight is 363 g/mol. The van der Waals surface area contributed by atoms with E-state index >= 15 is 0 Å². The van der Waals surface area contributed by atoms with Gasteiger partial charge in [0, 0.05) is 30.0 Å². The summed E-state index contributed by atoms with van der Waals surface area (Å²) in [7, 11) is -2.04. The molecular weight excluding hydrogens is 352 g/mol. The number of fused-ring (bicyclic) bond motifs is 1. The van der Waals surface area contributed by atoms with E-state index in [1.54, 1.807) is 35.2 Å². The first-order chi connectivity index (χ1) is 10.0. The van der Waals surface area contributed by atoms with Gasteiger partial charge in [-0.3, -0.25) is 4.40 Å². The molecule has 21 heavy (non-hydrogen) atoms. The molecule has 3 heterocycles. The number of nitrogens with one attached hydrogen (secondary N) is 2. The van der Waals surface area contributed by atoms with Gasteiger partial charge in [-0.25, -0.2) is 18.1 Å². The summed E-state index contributed by atoms with van der Waals surface area (Å²) in [6.07, 6.45) is 1.68. The Hall–Kier alpha value is -1.13. The van der Waals surface area contributed by atoms with Crippen LogP contribution in [0.1, 0.15) is 4.88 Å². The number of anilines is 1. The van der Waals surface area contributed by atoms with E-state index in [4.69, 9.17) is 11.6 Å². The van der Waals surface area contributed by atoms with Crippen LogP contribution in [-0.4, -0.2) is 24.9 Å². The van der Waals surface area contributed by atoms with Gasteiger partial charge in [-0.2, -0.15) is 0 Å². The Morgan fingerprint density at radius 1 is 1.43 bits per heavy atom. The fraction of sp³-hybridized carbons (Fsp3) is 0.182. The quantitative estimate of drug-likeness (QED) is 0.731. The van der Waals surface area contributed by atoms with Gasteiger partial charge in [-0.15, -0.1) is 22.7 Å². The van der Waals surface area contributed by atoms with Crippen LogP contribution in [0.2, 0.25) is 4.34 Å². The summed E-state index contributed by atoms with van der Waals surface area (Å²) in [6, 6.07) is 3.54. The highest BCUT2D eigenvalue weighted by atomic mass is 35.5. The van der Waals surface area contributed by atoms with Crippen molar-refractivity contribution in [2.45, 2.75) is 11.6 Å². The van der Waals surface area contributed by atoms with Crippen LogP contribution in [0.15, 0.2) is 28.7 Å². The maximum Gasteiger partial charge on any atom is 0.260 e. The van der Waals surface area contributed by atoms with Crippen LogP contribution in [-0.2, 0) is 16.6 Å². The van der Waals surface area contributed by atoms with Crippen LogP contribution in [0.3, 0.4) is 0 Å². The second kappa shape index (κ2) is 5.58. The van der Waals surface area contributed by atoms with Gasteiger partial charge >= 0.3 is 0 Å². The van der Waals surface area contributed by atoms with Gasteiger partial charge in [0.15, 0.2) is 15.8 Å². The van der Waals surface area contributed by atoms with E-state index in [0.29, 0.717) is 15.1 Å². The van der Waals surface area contributed by atoms with Crippen LogP contribution in [0.25, 0.3) is 4.96 Å². The lowest BCUT2D eigenvalue weighted by Gasteiger charge is -2.06. The molecule has 0 saturated carbocycles. The molecule has 0 radical (unpaired) electrons. The number of thiophene rings is 1. The molecule has 2 N–H and O–H groups in total. The Morgan fingerprint density at radius 3 is 2.90 bits per heavy atom. The molecule has 0 aromatic carbocycles. The van der Waals surface area contributed by atoms with Crippen molar-refractivity contribution < 1.29 is 8.42 Å². The van der Waals surface area contributed by atoms with Crippen LogP contribution in [0.4, 0.5) is 5.82 Å². The zero-order valence-corrected chi connectivity index (χ0v) is 14.0. The van der Waals surface area contributed by atoms with E-state index in [-0.39, 0.29) is 11.6 Å². The van der Waals surface area contributed by atoms with E-state index in [1.807, 2.05) is 0 Å². The maximum atomic E-state index is 12.5. The summed E-state index contributed by atoms with van der Waals surface area (Å²) in [4.78, 5) is 5.72. The molecule has 3 aromatic heterocycles. The van der Waals surface area contributed by atoms with Gasteiger partial charge in [0.05, 0.1) is 4.34 Å². The largest absolute Gasteiger partial charge is 0.371 e. The van der Waals surface area contributed by atoms with E-state index in [0.717, 1.165) is 4.88 Å². The molecule has 0 bridgehead atoms. The van der Waals surface area contributed by atoms with Crippen LogP contribution >= 0.6 is 34.3 Å². The van der Waals surface area contributed by atoms with Crippen molar-refractivity contribution in [3.8, 4) is 0 Å². The number of thiazole rings is 1. The van der Waals surface area contributed by atoms with E-state index < -0.39 is 10.0 Å². The molecule has 0 saturated heterocycles. The Kier molecular flexibility index (Phi) is 3.93. The fourth-order valence-corrected chi connectivity index (χ4v) is 5.05. The highest BCUT2D eigenvalue weighted by Crippen LogP contribution is 2.26. The molecule has 6 nitrogen and oxygen atoms in total. The van der Waals surface area contributed by atoms with E-state index in [9.17, 15) is 8.42 Å². The lowest BCUT2D eigenvalue weighted by molar-refractivity contribution is 0.577. The number of hydrogen-bond acceptors (Lipinski definition) is 6. The third-order valence-electron chi connectivity index (χ3n) is 2.77. The molecular formula is C11H11ClN4O2S3. The van der Waals surface area contributed by atoms with Gasteiger partial charge in [-0.1, -0.05) is 11.6 Å². The molecule has 0 atom stereocenters. The lowest BCUT2D eigenvalue weighted by Crippen LogP contribution is -2.24. The fourth-order valence-electron chi connectivity index (χ4n) is 1.87. The smallest absolute Gasteiger partial charge is 0.260 e. The number of sulfonamides is 1. The highest BCUT2D eigenvalue weighted by molar-refractivity contribution is 7.89. The SMILES string of the molecule is CNc1nc2sccn2c1S(=O)(=O)NCc1ccc(Cl)s1. The third kappa shape index (κ3) is 2.79. The molecule has 3 aromatic rings. The number of halogens is 1. The second-order valence-corrected chi connectivity index (χ2v) is 8.46. The van der Waals surface area contributed by atoms with Gasteiger partial charge < -0.3 is 5.32 Å². The summed E-state index contributed by atoms with van der Waals surface area (Å²) in [5.74, 6) is 0.332. The molecule has 0 fully saturated rings. The number of hydrogen-bond donors (Lipinski definition) is 2. The van der Waals surface area contributed by atoms with Crippen molar-refractivity contribution in [2.75, 3.05) is 12.4 Å². The minimum absolute atomic E-state index is 0.115. The maximum absolute atomic E-state index is 12.5. The van der Waals surface area contributed by atoms with Crippen molar-refractivity contribution in [2.24, 2.45) is 0 Å². The molecule has 3 rings (SSSR count). The van der Waals surface area contributed by atoms with Crippen LogP contribution in [0.5, 0.6) is 0 Å². The zero-order chi connectivity index (χ0) is 15.0. The second-order valence-electron chi connectivity index (χ2n) is 4.10. The molecule has 0 amide bonds. The Bertz CT molecular complexity index is 880. The van der Waals surface area contributed by atoms with Gasteiger partial charge in [0.25, 0.3) is 10.0 Å². The first-order valence-corrected chi connectivity index (χ1v) is 9.44. The Balaban J connectivity index is 1.94. The molecule has 0 aliphatic carbocycles. The van der Waals surface area contributed by atoms with Gasteiger partial charge in [0.1, 0.15) is 0 Å². The highest BCUT2D eigenvalue weighted by Gasteiger charge is 2.25. The number of imidazole rings is 1. The van der Waals surface area contributed by atoms with Crippen molar-refractivity contribution in [1.82, 2.24) is 14.1 Å². The summed E-state index contributed by atoms with van der Waals surface area (Å²) in [5.41, 5.74) is 0. The number of nitrogens with zero attached hydrogens (tertiary/aromatic N) is 2. The molecule has 0 aliphatic heterocycles. The van der Waals surface area contributed by atoms with Crippen molar-refractivity contribution in [1.29, 1.82) is 0 Å². The molecule has 0 unspecified atom stereocenters. The molecule has 10 heteroatoms. The zero-order valence-electron chi connectivity index (χ0n) is 10.8. The summed E-state index contributed by atoms with van der Waals surface area (Å²) in [5, 5.41) is 4.72. The van der Waals surface area contributed by atoms with Crippen molar-refractivity contribution >= 4 is 55.1 Å². The molecule has 112 valence electrons. The minimum Gasteiger partial charge on any atom is -0.371 e. The number of aromatic nitrogens is 2. The molecule has 0 spiro atoms. The number of rotatable bonds is 5. The van der Waals surface area contributed by atoms with E-state index in [2.05, 4.69) is 15.0 Å². The minimum atomic E-state index is -3.69. The monoisotopic (exact) mass is 362 g/mol. The van der Waals surface area contributed by atoms with Crippen LogP contribution in [0, 0.1) is 0 Å². The van der Waals surface area contributed by atoms with Crippen LogP contribution < -0.4 is 10.0 Å². The van der Waals surface area contributed by atoms with Crippen molar-refractivity contribution in [3.05, 3.63) is 32.9 Å². The summed E-state index contributed by atoms with van der Waals surface area (Å²) in [6.45, 7) is 0.195.